The Labute approximate surface area is 132 Å². The average molecular weight is 297 g/mol. The molecule has 0 radical (unpaired) electrons. The minimum atomic E-state index is -0.0317. The van der Waals surface area contributed by atoms with E-state index < -0.39 is 0 Å². The molecule has 0 fully saturated rings. The summed E-state index contributed by atoms with van der Waals surface area (Å²) in [6.07, 6.45) is 0.334. The van der Waals surface area contributed by atoms with Crippen LogP contribution < -0.4 is 10.1 Å². The number of benzene rings is 2. The summed E-state index contributed by atoms with van der Waals surface area (Å²) in [5.41, 5.74) is 5.55. The fourth-order valence-electron chi connectivity index (χ4n) is 2.23. The summed E-state index contributed by atoms with van der Waals surface area (Å²) >= 11 is 0. The van der Waals surface area contributed by atoms with Gasteiger partial charge in [0, 0.05) is 5.69 Å². The molecule has 22 heavy (non-hydrogen) atoms. The van der Waals surface area contributed by atoms with Gasteiger partial charge in [-0.15, -0.1) is 0 Å². The Kier molecular flexibility index (Phi) is 5.21. The molecule has 116 valence electrons. The van der Waals surface area contributed by atoms with Crippen LogP contribution in [0.4, 0.5) is 5.69 Å². The van der Waals surface area contributed by atoms with Crippen molar-refractivity contribution in [3.63, 3.8) is 0 Å². The molecule has 3 nitrogen and oxygen atoms in total. The first-order valence-electron chi connectivity index (χ1n) is 7.53. The summed E-state index contributed by atoms with van der Waals surface area (Å²) in [7, 11) is 0. The molecule has 0 saturated heterocycles. The zero-order valence-electron chi connectivity index (χ0n) is 13.7. The van der Waals surface area contributed by atoms with Crippen molar-refractivity contribution in [2.24, 2.45) is 0 Å². The van der Waals surface area contributed by atoms with Crippen molar-refractivity contribution in [3.8, 4) is 5.75 Å². The number of anilines is 1. The van der Waals surface area contributed by atoms with Gasteiger partial charge in [-0.1, -0.05) is 23.8 Å². The van der Waals surface area contributed by atoms with E-state index in [1.807, 2.05) is 44.2 Å². The first-order chi connectivity index (χ1) is 10.5. The molecule has 0 heterocycles. The quantitative estimate of drug-likeness (QED) is 0.892. The second kappa shape index (κ2) is 7.12. The number of carbonyl (C=O) groups excluding carboxylic acids is 1. The van der Waals surface area contributed by atoms with Crippen LogP contribution in [0.25, 0.3) is 0 Å². The molecule has 0 aliphatic carbocycles. The van der Waals surface area contributed by atoms with E-state index in [-0.39, 0.29) is 5.91 Å². The standard InChI is InChI=1S/C19H23NO2/c1-13-5-8-18(16(4)11-13)20-19(21)9-10-22-17-7-6-14(2)15(3)12-17/h5-8,11-12H,9-10H2,1-4H3,(H,20,21). The highest BCUT2D eigenvalue weighted by Crippen LogP contribution is 2.18. The predicted octanol–water partition coefficient (Wildman–Crippen LogP) is 4.33. The number of rotatable bonds is 5. The Balaban J connectivity index is 1.83. The molecule has 2 aromatic carbocycles. The van der Waals surface area contributed by atoms with Gasteiger partial charge in [0.2, 0.25) is 5.91 Å². The van der Waals surface area contributed by atoms with Crippen LogP contribution in [-0.2, 0) is 4.79 Å². The van der Waals surface area contributed by atoms with Crippen LogP contribution in [-0.4, -0.2) is 12.5 Å². The van der Waals surface area contributed by atoms with Gasteiger partial charge in [-0.25, -0.2) is 0 Å². The minimum absolute atomic E-state index is 0.0317. The fourth-order valence-corrected chi connectivity index (χ4v) is 2.23. The van der Waals surface area contributed by atoms with Gasteiger partial charge >= 0.3 is 0 Å². The van der Waals surface area contributed by atoms with E-state index in [1.165, 1.54) is 16.7 Å². The van der Waals surface area contributed by atoms with Crippen LogP contribution in [0.3, 0.4) is 0 Å². The van der Waals surface area contributed by atoms with Gasteiger partial charge in [0.1, 0.15) is 5.75 Å². The molecule has 0 saturated carbocycles. The van der Waals surface area contributed by atoms with Crippen LogP contribution in [0.15, 0.2) is 36.4 Å². The van der Waals surface area contributed by atoms with Gasteiger partial charge in [0.05, 0.1) is 13.0 Å². The van der Waals surface area contributed by atoms with E-state index in [0.29, 0.717) is 13.0 Å². The molecule has 3 heteroatoms. The molecule has 2 aromatic rings. The summed E-state index contributed by atoms with van der Waals surface area (Å²) in [5, 5.41) is 2.93. The van der Waals surface area contributed by atoms with Crippen molar-refractivity contribution in [2.75, 3.05) is 11.9 Å². The van der Waals surface area contributed by atoms with Gasteiger partial charge < -0.3 is 10.1 Å². The lowest BCUT2D eigenvalue weighted by Gasteiger charge is -2.10. The predicted molar refractivity (Wildman–Crippen MR) is 90.6 cm³/mol. The number of aryl methyl sites for hydroxylation is 4. The third-order valence-corrected chi connectivity index (χ3v) is 3.73. The Morgan fingerprint density at radius 3 is 2.41 bits per heavy atom. The van der Waals surface area contributed by atoms with Crippen molar-refractivity contribution >= 4 is 11.6 Å². The van der Waals surface area contributed by atoms with Crippen molar-refractivity contribution in [2.45, 2.75) is 34.1 Å². The van der Waals surface area contributed by atoms with E-state index >= 15 is 0 Å². The lowest BCUT2D eigenvalue weighted by Crippen LogP contribution is -2.15. The zero-order chi connectivity index (χ0) is 16.1. The first kappa shape index (κ1) is 16.1. The third-order valence-electron chi connectivity index (χ3n) is 3.73. The first-order valence-corrected chi connectivity index (χ1v) is 7.53. The summed E-state index contributed by atoms with van der Waals surface area (Å²) < 4.78 is 5.64. The van der Waals surface area contributed by atoms with Crippen molar-refractivity contribution in [3.05, 3.63) is 58.7 Å². The number of ether oxygens (including phenoxy) is 1. The van der Waals surface area contributed by atoms with Crippen LogP contribution in [0.5, 0.6) is 5.75 Å². The Morgan fingerprint density at radius 1 is 0.955 bits per heavy atom. The maximum absolute atomic E-state index is 12.0. The molecular formula is C19H23NO2. The lowest BCUT2D eigenvalue weighted by atomic mass is 10.1. The maximum atomic E-state index is 12.0. The maximum Gasteiger partial charge on any atom is 0.227 e. The number of hydrogen-bond acceptors (Lipinski definition) is 2. The van der Waals surface area contributed by atoms with Gasteiger partial charge in [-0.3, -0.25) is 4.79 Å². The van der Waals surface area contributed by atoms with E-state index in [2.05, 4.69) is 25.2 Å². The van der Waals surface area contributed by atoms with Crippen LogP contribution in [0.2, 0.25) is 0 Å². The molecular weight excluding hydrogens is 274 g/mol. The molecule has 0 aliphatic heterocycles. The van der Waals surface area contributed by atoms with E-state index in [9.17, 15) is 4.79 Å². The summed E-state index contributed by atoms with van der Waals surface area (Å²) in [5.74, 6) is 0.776. The van der Waals surface area contributed by atoms with Crippen molar-refractivity contribution in [1.29, 1.82) is 0 Å². The highest BCUT2D eigenvalue weighted by atomic mass is 16.5. The van der Waals surface area contributed by atoms with Gasteiger partial charge in [0.15, 0.2) is 0 Å². The molecule has 0 bridgehead atoms. The second-order valence-corrected chi connectivity index (χ2v) is 5.71. The largest absolute Gasteiger partial charge is 0.493 e. The number of carbonyl (C=O) groups is 1. The molecule has 1 N–H and O–H groups in total. The lowest BCUT2D eigenvalue weighted by molar-refractivity contribution is -0.116. The van der Waals surface area contributed by atoms with E-state index in [0.717, 1.165) is 17.0 Å². The number of hydrogen-bond donors (Lipinski definition) is 1. The Bertz CT molecular complexity index is 677. The van der Waals surface area contributed by atoms with Gasteiger partial charge in [-0.2, -0.15) is 0 Å². The Morgan fingerprint density at radius 2 is 1.73 bits per heavy atom. The number of nitrogens with one attached hydrogen (secondary N) is 1. The molecule has 2 rings (SSSR count). The van der Waals surface area contributed by atoms with E-state index in [1.54, 1.807) is 0 Å². The summed E-state index contributed by atoms with van der Waals surface area (Å²) in [6, 6.07) is 11.9. The third kappa shape index (κ3) is 4.35. The summed E-state index contributed by atoms with van der Waals surface area (Å²) in [4.78, 5) is 12.0. The molecule has 0 aromatic heterocycles. The van der Waals surface area contributed by atoms with Gasteiger partial charge in [0.25, 0.3) is 0 Å². The second-order valence-electron chi connectivity index (χ2n) is 5.71. The highest BCUT2D eigenvalue weighted by molar-refractivity contribution is 5.91. The van der Waals surface area contributed by atoms with E-state index in [4.69, 9.17) is 4.74 Å². The molecule has 0 spiro atoms. The van der Waals surface area contributed by atoms with Gasteiger partial charge in [-0.05, 0) is 62.6 Å². The van der Waals surface area contributed by atoms with Crippen molar-refractivity contribution in [1.82, 2.24) is 0 Å². The molecule has 0 aliphatic rings. The van der Waals surface area contributed by atoms with Crippen molar-refractivity contribution < 1.29 is 9.53 Å². The monoisotopic (exact) mass is 297 g/mol. The zero-order valence-corrected chi connectivity index (χ0v) is 13.7. The average Bonchev–Trinajstić information content (AvgIpc) is 2.46. The molecule has 0 atom stereocenters. The Hall–Kier alpha value is -2.29. The topological polar surface area (TPSA) is 38.3 Å². The smallest absolute Gasteiger partial charge is 0.227 e. The van der Waals surface area contributed by atoms with Crippen LogP contribution in [0.1, 0.15) is 28.7 Å². The normalized spacial score (nSPS) is 10.4. The van der Waals surface area contributed by atoms with Crippen LogP contribution in [0, 0.1) is 27.7 Å². The minimum Gasteiger partial charge on any atom is -0.493 e. The fraction of sp³-hybridized carbons (Fsp3) is 0.316. The molecule has 1 amide bonds. The molecule has 0 unspecified atom stereocenters. The number of amides is 1. The highest BCUT2D eigenvalue weighted by Gasteiger charge is 2.06. The summed E-state index contributed by atoms with van der Waals surface area (Å²) in [6.45, 7) is 8.52. The SMILES string of the molecule is Cc1ccc(NC(=O)CCOc2ccc(C)c(C)c2)c(C)c1. The van der Waals surface area contributed by atoms with Crippen LogP contribution >= 0.6 is 0 Å².